The molecule has 1 aliphatic rings. The van der Waals surface area contributed by atoms with Crippen LogP contribution in [0, 0.1) is 11.8 Å². The molecule has 4 nitrogen and oxygen atoms in total. The van der Waals surface area contributed by atoms with Gasteiger partial charge in [-0.1, -0.05) is 6.92 Å². The van der Waals surface area contributed by atoms with Crippen molar-refractivity contribution in [3.63, 3.8) is 0 Å². The normalized spacial score (nSPS) is 24.9. The fourth-order valence-corrected chi connectivity index (χ4v) is 1.75. The van der Waals surface area contributed by atoms with Crippen LogP contribution >= 0.6 is 0 Å². The summed E-state index contributed by atoms with van der Waals surface area (Å²) in [5.74, 6) is -1.27. The van der Waals surface area contributed by atoms with E-state index in [2.05, 4.69) is 4.90 Å². The van der Waals surface area contributed by atoms with Gasteiger partial charge >= 0.3 is 5.97 Å². The molecule has 4 heteroatoms. The zero-order valence-electron chi connectivity index (χ0n) is 8.69. The molecule has 1 N–H and O–H groups in total. The van der Waals surface area contributed by atoms with Gasteiger partial charge in [0, 0.05) is 18.9 Å². The Labute approximate surface area is 83.9 Å². The van der Waals surface area contributed by atoms with Crippen LogP contribution < -0.4 is 0 Å². The number of carboxylic acid groups (broad SMARTS) is 1. The van der Waals surface area contributed by atoms with E-state index in [1.54, 1.807) is 6.92 Å². The molecule has 0 saturated carbocycles. The average Bonchev–Trinajstić information content (AvgIpc) is 2.51. The summed E-state index contributed by atoms with van der Waals surface area (Å²) in [7, 11) is 1.98. The van der Waals surface area contributed by atoms with Crippen LogP contribution in [0.1, 0.15) is 19.8 Å². The predicted octanol–water partition coefficient (Wildman–Crippen LogP) is 0.618. The molecule has 1 fully saturated rings. The van der Waals surface area contributed by atoms with Crippen LogP contribution in [0.4, 0.5) is 0 Å². The van der Waals surface area contributed by atoms with Gasteiger partial charge < -0.3 is 10.0 Å². The minimum absolute atomic E-state index is 0.0572. The maximum Gasteiger partial charge on any atom is 0.306 e. The number of rotatable bonds is 4. The van der Waals surface area contributed by atoms with Gasteiger partial charge in [0.1, 0.15) is 5.78 Å². The number of carboxylic acids is 1. The van der Waals surface area contributed by atoms with E-state index >= 15 is 0 Å². The van der Waals surface area contributed by atoms with Crippen LogP contribution in [0.2, 0.25) is 0 Å². The summed E-state index contributed by atoms with van der Waals surface area (Å²) in [6, 6.07) is 0. The molecule has 1 rings (SSSR count). The van der Waals surface area contributed by atoms with Crippen LogP contribution in [-0.2, 0) is 9.59 Å². The van der Waals surface area contributed by atoms with Crippen molar-refractivity contribution >= 4 is 11.8 Å². The van der Waals surface area contributed by atoms with E-state index in [9.17, 15) is 9.59 Å². The van der Waals surface area contributed by atoms with Crippen LogP contribution in [0.5, 0.6) is 0 Å². The predicted molar refractivity (Wildman–Crippen MR) is 52.0 cm³/mol. The zero-order valence-corrected chi connectivity index (χ0v) is 8.69. The first-order valence-electron chi connectivity index (χ1n) is 4.94. The summed E-state index contributed by atoms with van der Waals surface area (Å²) in [5.41, 5.74) is 0. The Hall–Kier alpha value is -0.900. The highest BCUT2D eigenvalue weighted by Gasteiger charge is 2.28. The van der Waals surface area contributed by atoms with Gasteiger partial charge in [0.2, 0.25) is 0 Å². The first kappa shape index (κ1) is 11.2. The SMILES string of the molecule is CC(CC(=O)C1CCN(C)C1)C(=O)O. The standard InChI is InChI=1S/C10H17NO3/c1-7(10(13)14)5-9(12)8-3-4-11(2)6-8/h7-8H,3-6H2,1-2H3,(H,13,14). The number of carbonyl (C=O) groups is 2. The molecule has 0 aromatic carbocycles. The minimum Gasteiger partial charge on any atom is -0.481 e. The molecular formula is C10H17NO3. The molecule has 1 aliphatic heterocycles. The third kappa shape index (κ3) is 2.80. The molecule has 2 unspecified atom stereocenters. The molecule has 0 bridgehead atoms. The zero-order chi connectivity index (χ0) is 10.7. The molecule has 0 aromatic heterocycles. The van der Waals surface area contributed by atoms with Gasteiger partial charge in [0.15, 0.2) is 0 Å². The molecule has 0 spiro atoms. The lowest BCUT2D eigenvalue weighted by Crippen LogP contribution is -2.23. The molecule has 1 saturated heterocycles. The molecular weight excluding hydrogens is 182 g/mol. The lowest BCUT2D eigenvalue weighted by atomic mass is 9.95. The van der Waals surface area contributed by atoms with Gasteiger partial charge in [-0.3, -0.25) is 9.59 Å². The second-order valence-corrected chi connectivity index (χ2v) is 4.16. The third-order valence-electron chi connectivity index (χ3n) is 2.78. The number of aliphatic carboxylic acids is 1. The number of likely N-dealkylation sites (tertiary alicyclic amines) is 1. The lowest BCUT2D eigenvalue weighted by Gasteiger charge is -2.11. The van der Waals surface area contributed by atoms with Gasteiger partial charge in [0.05, 0.1) is 5.92 Å². The van der Waals surface area contributed by atoms with Crippen molar-refractivity contribution in [3.8, 4) is 0 Å². The van der Waals surface area contributed by atoms with Crippen LogP contribution in [0.25, 0.3) is 0 Å². The van der Waals surface area contributed by atoms with E-state index in [0.717, 1.165) is 19.5 Å². The Morgan fingerprint density at radius 2 is 2.21 bits per heavy atom. The largest absolute Gasteiger partial charge is 0.481 e. The van der Waals surface area contributed by atoms with Crippen LogP contribution in [-0.4, -0.2) is 41.9 Å². The Bertz CT molecular complexity index is 240. The maximum atomic E-state index is 11.6. The molecule has 14 heavy (non-hydrogen) atoms. The first-order valence-corrected chi connectivity index (χ1v) is 4.94. The fraction of sp³-hybridized carbons (Fsp3) is 0.800. The molecule has 0 amide bonds. The number of ketones is 1. The smallest absolute Gasteiger partial charge is 0.306 e. The highest BCUT2D eigenvalue weighted by molar-refractivity contribution is 5.85. The molecule has 0 radical (unpaired) electrons. The van der Waals surface area contributed by atoms with Gasteiger partial charge in [-0.25, -0.2) is 0 Å². The topological polar surface area (TPSA) is 57.6 Å². The average molecular weight is 199 g/mol. The Morgan fingerprint density at radius 1 is 1.57 bits per heavy atom. The highest BCUT2D eigenvalue weighted by atomic mass is 16.4. The van der Waals surface area contributed by atoms with Crippen LogP contribution in [0.15, 0.2) is 0 Å². The monoisotopic (exact) mass is 199 g/mol. The number of carbonyl (C=O) groups excluding carboxylic acids is 1. The number of nitrogens with zero attached hydrogens (tertiary/aromatic N) is 1. The van der Waals surface area contributed by atoms with Crippen molar-refractivity contribution in [3.05, 3.63) is 0 Å². The fourth-order valence-electron chi connectivity index (χ4n) is 1.75. The van der Waals surface area contributed by atoms with E-state index in [1.807, 2.05) is 7.05 Å². The molecule has 80 valence electrons. The summed E-state index contributed by atoms with van der Waals surface area (Å²) >= 11 is 0. The molecule has 2 atom stereocenters. The minimum atomic E-state index is -0.885. The van der Waals surface area contributed by atoms with Gasteiger partial charge in [-0.15, -0.1) is 0 Å². The Kier molecular flexibility index (Phi) is 3.63. The summed E-state index contributed by atoms with van der Waals surface area (Å²) < 4.78 is 0. The summed E-state index contributed by atoms with van der Waals surface area (Å²) in [5, 5.41) is 8.66. The van der Waals surface area contributed by atoms with E-state index < -0.39 is 11.9 Å². The second-order valence-electron chi connectivity index (χ2n) is 4.16. The van der Waals surface area contributed by atoms with Gasteiger partial charge in [-0.05, 0) is 20.0 Å². The quantitative estimate of drug-likeness (QED) is 0.721. The van der Waals surface area contributed by atoms with Gasteiger partial charge in [0.25, 0.3) is 0 Å². The molecule has 1 heterocycles. The van der Waals surface area contributed by atoms with E-state index in [1.165, 1.54) is 0 Å². The van der Waals surface area contributed by atoms with E-state index in [4.69, 9.17) is 5.11 Å². The number of hydrogen-bond acceptors (Lipinski definition) is 3. The van der Waals surface area contributed by atoms with Crippen molar-refractivity contribution in [1.82, 2.24) is 4.90 Å². The summed E-state index contributed by atoms with van der Waals surface area (Å²) in [4.78, 5) is 24.3. The maximum absolute atomic E-state index is 11.6. The lowest BCUT2D eigenvalue weighted by molar-refractivity contribution is -0.143. The highest BCUT2D eigenvalue weighted by Crippen LogP contribution is 2.18. The molecule has 0 aliphatic carbocycles. The number of Topliss-reactive ketones (excluding diaryl/α,β-unsaturated/α-hetero) is 1. The van der Waals surface area contributed by atoms with Crippen molar-refractivity contribution in [1.29, 1.82) is 0 Å². The first-order chi connectivity index (χ1) is 6.50. The van der Waals surface area contributed by atoms with Crippen LogP contribution in [0.3, 0.4) is 0 Å². The van der Waals surface area contributed by atoms with Crippen molar-refractivity contribution in [2.24, 2.45) is 11.8 Å². The Morgan fingerprint density at radius 3 is 2.64 bits per heavy atom. The van der Waals surface area contributed by atoms with Gasteiger partial charge in [-0.2, -0.15) is 0 Å². The summed E-state index contributed by atoms with van der Waals surface area (Å²) in [6.45, 7) is 3.31. The van der Waals surface area contributed by atoms with E-state index in [-0.39, 0.29) is 18.1 Å². The molecule has 0 aromatic rings. The van der Waals surface area contributed by atoms with Crippen molar-refractivity contribution in [2.75, 3.05) is 20.1 Å². The second kappa shape index (κ2) is 4.55. The Balaban J connectivity index is 2.39. The van der Waals surface area contributed by atoms with Crippen molar-refractivity contribution in [2.45, 2.75) is 19.8 Å². The van der Waals surface area contributed by atoms with E-state index in [0.29, 0.717) is 0 Å². The third-order valence-corrected chi connectivity index (χ3v) is 2.78. The van der Waals surface area contributed by atoms with Crippen molar-refractivity contribution < 1.29 is 14.7 Å². The number of hydrogen-bond donors (Lipinski definition) is 1. The summed E-state index contributed by atoms with van der Waals surface area (Å²) in [6.07, 6.45) is 1.05.